The summed E-state index contributed by atoms with van der Waals surface area (Å²) in [6.45, 7) is 2.36. The molecule has 2 heterocycles. The molecule has 0 N–H and O–H groups in total. The Labute approximate surface area is 119 Å². The molecule has 1 aliphatic heterocycles. The summed E-state index contributed by atoms with van der Waals surface area (Å²) in [6.07, 6.45) is 3.56. The highest BCUT2D eigenvalue weighted by Crippen LogP contribution is 2.28. The van der Waals surface area contributed by atoms with Crippen LogP contribution in [0, 0.1) is 0 Å². The van der Waals surface area contributed by atoms with Crippen molar-refractivity contribution in [2.75, 3.05) is 6.54 Å². The molecule has 1 amide bonds. The fraction of sp³-hybridized carbons (Fsp3) is 0.538. The second-order valence-corrected chi connectivity index (χ2v) is 6.42. The van der Waals surface area contributed by atoms with Crippen molar-refractivity contribution in [3.05, 3.63) is 20.8 Å². The quantitative estimate of drug-likeness (QED) is 0.851. The lowest BCUT2D eigenvalue weighted by Gasteiger charge is -2.35. The Kier molecular flexibility index (Phi) is 4.56. The third-order valence-electron chi connectivity index (χ3n) is 3.22. The molecule has 98 valence electrons. The molecule has 2 rings (SSSR count). The highest BCUT2D eigenvalue weighted by atomic mass is 79.9. The van der Waals surface area contributed by atoms with Crippen LogP contribution in [0.1, 0.15) is 42.3 Å². The molecule has 1 unspecified atom stereocenters. The number of Topliss-reactive ketones (excluding diaryl/α,β-unsaturated/α-hetero) is 1. The predicted molar refractivity (Wildman–Crippen MR) is 76.0 cm³/mol. The molecule has 0 radical (unpaired) electrons. The van der Waals surface area contributed by atoms with Crippen LogP contribution >= 0.6 is 27.3 Å². The van der Waals surface area contributed by atoms with Crippen LogP contribution in [0.15, 0.2) is 15.9 Å². The van der Waals surface area contributed by atoms with Gasteiger partial charge in [-0.2, -0.15) is 0 Å². The van der Waals surface area contributed by atoms with Gasteiger partial charge in [0.15, 0.2) is 0 Å². The van der Waals surface area contributed by atoms with E-state index in [0.29, 0.717) is 6.42 Å². The highest BCUT2D eigenvalue weighted by Gasteiger charge is 2.29. The maximum absolute atomic E-state index is 12.5. The molecule has 0 bridgehead atoms. The van der Waals surface area contributed by atoms with Gasteiger partial charge in [-0.1, -0.05) is 0 Å². The van der Waals surface area contributed by atoms with E-state index in [4.69, 9.17) is 0 Å². The number of carbonyl (C=O) groups is 2. The lowest BCUT2D eigenvalue weighted by Crippen LogP contribution is -2.44. The zero-order valence-electron chi connectivity index (χ0n) is 10.3. The van der Waals surface area contributed by atoms with Crippen molar-refractivity contribution in [2.45, 2.75) is 38.6 Å². The number of piperidine rings is 1. The lowest BCUT2D eigenvalue weighted by atomic mass is 9.97. The van der Waals surface area contributed by atoms with Gasteiger partial charge in [-0.05, 0) is 53.6 Å². The number of rotatable bonds is 3. The number of hydrogen-bond donors (Lipinski definition) is 0. The fourth-order valence-corrected chi connectivity index (χ4v) is 3.88. The van der Waals surface area contributed by atoms with Crippen molar-refractivity contribution in [2.24, 2.45) is 0 Å². The Morgan fingerprint density at radius 3 is 2.89 bits per heavy atom. The maximum Gasteiger partial charge on any atom is 0.265 e. The zero-order chi connectivity index (χ0) is 13.1. The molecule has 1 aromatic rings. The Balaban J connectivity index is 2.16. The number of thiophene rings is 1. The number of likely N-dealkylation sites (tertiary alicyclic amines) is 1. The minimum Gasteiger partial charge on any atom is -0.334 e. The molecule has 0 aromatic carbocycles. The van der Waals surface area contributed by atoms with Crippen molar-refractivity contribution < 1.29 is 9.59 Å². The van der Waals surface area contributed by atoms with E-state index in [1.165, 1.54) is 11.3 Å². The van der Waals surface area contributed by atoms with E-state index in [1.807, 2.05) is 16.3 Å². The first-order valence-electron chi connectivity index (χ1n) is 6.13. The van der Waals surface area contributed by atoms with E-state index < -0.39 is 0 Å². The molecule has 1 aliphatic rings. The molecule has 1 saturated heterocycles. The molecule has 1 atom stereocenters. The summed E-state index contributed by atoms with van der Waals surface area (Å²) in [5.41, 5.74) is 0. The summed E-state index contributed by atoms with van der Waals surface area (Å²) >= 11 is 4.85. The summed E-state index contributed by atoms with van der Waals surface area (Å²) in [4.78, 5) is 26.4. The predicted octanol–water partition coefficient (Wildman–Crippen LogP) is 3.48. The first kappa shape index (κ1) is 13.7. The van der Waals surface area contributed by atoms with Crippen LogP contribution in [-0.2, 0) is 4.79 Å². The van der Waals surface area contributed by atoms with Gasteiger partial charge >= 0.3 is 0 Å². The first-order chi connectivity index (χ1) is 8.59. The van der Waals surface area contributed by atoms with Crippen molar-refractivity contribution in [3.63, 3.8) is 0 Å². The number of amides is 1. The summed E-state index contributed by atoms with van der Waals surface area (Å²) < 4.78 is 0.852. The van der Waals surface area contributed by atoms with Gasteiger partial charge in [0.1, 0.15) is 10.7 Å². The average molecular weight is 330 g/mol. The molecule has 0 aliphatic carbocycles. The van der Waals surface area contributed by atoms with Crippen molar-refractivity contribution >= 4 is 39.0 Å². The highest BCUT2D eigenvalue weighted by molar-refractivity contribution is 9.10. The number of hydrogen-bond acceptors (Lipinski definition) is 3. The van der Waals surface area contributed by atoms with E-state index in [-0.39, 0.29) is 17.7 Å². The van der Waals surface area contributed by atoms with E-state index in [9.17, 15) is 9.59 Å². The van der Waals surface area contributed by atoms with E-state index in [2.05, 4.69) is 15.9 Å². The van der Waals surface area contributed by atoms with Gasteiger partial charge < -0.3 is 4.90 Å². The van der Waals surface area contributed by atoms with Crippen LogP contribution in [-0.4, -0.2) is 29.2 Å². The van der Waals surface area contributed by atoms with Gasteiger partial charge in [0.2, 0.25) is 0 Å². The minimum absolute atomic E-state index is 0.0582. The van der Waals surface area contributed by atoms with E-state index in [1.54, 1.807) is 6.92 Å². The van der Waals surface area contributed by atoms with Crippen LogP contribution in [0.5, 0.6) is 0 Å². The molecule has 0 saturated carbocycles. The zero-order valence-corrected chi connectivity index (χ0v) is 12.7. The van der Waals surface area contributed by atoms with Crippen LogP contribution in [0.3, 0.4) is 0 Å². The van der Waals surface area contributed by atoms with Gasteiger partial charge in [0, 0.05) is 23.5 Å². The molecular weight excluding hydrogens is 314 g/mol. The summed E-state index contributed by atoms with van der Waals surface area (Å²) in [6, 6.07) is 1.97. The average Bonchev–Trinajstić information content (AvgIpc) is 2.74. The SMILES string of the molecule is CC(=O)CC1CCCCN1C(=O)c1sccc1Br. The Bertz CT molecular complexity index is 458. The Morgan fingerprint density at radius 1 is 1.50 bits per heavy atom. The van der Waals surface area contributed by atoms with Gasteiger partial charge in [-0.15, -0.1) is 11.3 Å². The van der Waals surface area contributed by atoms with Gasteiger partial charge in [0.25, 0.3) is 5.91 Å². The monoisotopic (exact) mass is 329 g/mol. The molecule has 18 heavy (non-hydrogen) atoms. The van der Waals surface area contributed by atoms with E-state index >= 15 is 0 Å². The molecular formula is C13H16BrNO2S. The minimum atomic E-state index is 0.0582. The Hall–Kier alpha value is -0.680. The van der Waals surface area contributed by atoms with Gasteiger partial charge in [-0.25, -0.2) is 0 Å². The first-order valence-corrected chi connectivity index (χ1v) is 7.80. The smallest absolute Gasteiger partial charge is 0.265 e. The van der Waals surface area contributed by atoms with Crippen molar-refractivity contribution in [3.8, 4) is 0 Å². The second-order valence-electron chi connectivity index (χ2n) is 4.65. The van der Waals surface area contributed by atoms with Gasteiger partial charge in [0.05, 0.1) is 0 Å². The molecule has 1 aromatic heterocycles. The van der Waals surface area contributed by atoms with E-state index in [0.717, 1.165) is 35.2 Å². The molecule has 3 nitrogen and oxygen atoms in total. The third kappa shape index (κ3) is 3.01. The number of carbonyl (C=O) groups excluding carboxylic acids is 2. The molecule has 1 fully saturated rings. The fourth-order valence-electron chi connectivity index (χ4n) is 2.39. The maximum atomic E-state index is 12.5. The number of nitrogens with zero attached hydrogens (tertiary/aromatic N) is 1. The number of halogens is 1. The summed E-state index contributed by atoms with van der Waals surface area (Å²) in [5, 5.41) is 1.90. The normalized spacial score (nSPS) is 19.9. The largest absolute Gasteiger partial charge is 0.334 e. The number of ketones is 1. The third-order valence-corrected chi connectivity index (χ3v) is 5.05. The van der Waals surface area contributed by atoms with Crippen LogP contribution in [0.2, 0.25) is 0 Å². The lowest BCUT2D eigenvalue weighted by molar-refractivity contribution is -0.118. The topological polar surface area (TPSA) is 37.4 Å². The van der Waals surface area contributed by atoms with Crippen LogP contribution < -0.4 is 0 Å². The summed E-state index contributed by atoms with van der Waals surface area (Å²) in [5.74, 6) is 0.216. The summed E-state index contributed by atoms with van der Waals surface area (Å²) in [7, 11) is 0. The molecule has 5 heteroatoms. The van der Waals surface area contributed by atoms with Crippen LogP contribution in [0.25, 0.3) is 0 Å². The van der Waals surface area contributed by atoms with Crippen LogP contribution in [0.4, 0.5) is 0 Å². The second kappa shape index (κ2) is 5.97. The van der Waals surface area contributed by atoms with Crippen molar-refractivity contribution in [1.82, 2.24) is 4.90 Å². The van der Waals surface area contributed by atoms with Crippen molar-refractivity contribution in [1.29, 1.82) is 0 Å². The Morgan fingerprint density at radius 2 is 2.28 bits per heavy atom. The standard InChI is InChI=1S/C13H16BrNO2S/c1-9(16)8-10-4-2-3-6-15(10)13(17)12-11(14)5-7-18-12/h5,7,10H,2-4,6,8H2,1H3. The molecule has 0 spiro atoms. The van der Waals surface area contributed by atoms with Gasteiger partial charge in [-0.3, -0.25) is 9.59 Å².